The molecule has 2 atom stereocenters. The number of nitrogens with two attached hydrogens (primary N) is 1. The first kappa shape index (κ1) is 17.0. The molecule has 2 N–H and O–H groups in total. The van der Waals surface area contributed by atoms with Gasteiger partial charge in [-0.1, -0.05) is 58.8 Å². The van der Waals surface area contributed by atoms with Crippen LogP contribution in [0.2, 0.25) is 0 Å². The van der Waals surface area contributed by atoms with Gasteiger partial charge in [0.2, 0.25) is 0 Å². The number of nitrogens with zero attached hydrogens (tertiary/aromatic N) is 1. The van der Waals surface area contributed by atoms with Gasteiger partial charge in [0.05, 0.1) is 0 Å². The van der Waals surface area contributed by atoms with Gasteiger partial charge < -0.3 is 5.73 Å². The molecule has 1 saturated heterocycles. The summed E-state index contributed by atoms with van der Waals surface area (Å²) in [4.78, 5) is 2.68. The number of likely N-dealkylation sites (tertiary alicyclic amines) is 1. The topological polar surface area (TPSA) is 29.3 Å². The lowest BCUT2D eigenvalue weighted by Gasteiger charge is -2.40. The highest BCUT2D eigenvalue weighted by atomic mass is 15.2. The highest BCUT2D eigenvalue weighted by molar-refractivity contribution is 4.84. The maximum atomic E-state index is 6.00. The van der Waals surface area contributed by atoms with Crippen LogP contribution in [-0.4, -0.2) is 30.6 Å². The zero-order valence-electron chi connectivity index (χ0n) is 13.4. The summed E-state index contributed by atoms with van der Waals surface area (Å²) in [5.41, 5.74) is 6.00. The summed E-state index contributed by atoms with van der Waals surface area (Å²) in [7, 11) is 0. The van der Waals surface area contributed by atoms with Crippen molar-refractivity contribution in [2.75, 3.05) is 19.6 Å². The Bertz CT molecular complexity index is 205. The third-order valence-electron chi connectivity index (χ3n) is 4.85. The molecule has 1 aliphatic rings. The molecule has 1 heterocycles. The van der Waals surface area contributed by atoms with E-state index < -0.39 is 0 Å². The van der Waals surface area contributed by atoms with Crippen LogP contribution in [0.25, 0.3) is 0 Å². The summed E-state index contributed by atoms with van der Waals surface area (Å²) in [5.74, 6) is 0.850. The number of rotatable bonds is 10. The fraction of sp³-hybridized carbons (Fsp3) is 1.00. The van der Waals surface area contributed by atoms with Gasteiger partial charge in [-0.25, -0.2) is 0 Å². The lowest BCUT2D eigenvalue weighted by molar-refractivity contribution is 0.0934. The molecule has 1 rings (SSSR count). The van der Waals surface area contributed by atoms with E-state index in [1.54, 1.807) is 0 Å². The standard InChI is InChI=1S/C17H36N2/c1-3-5-6-7-8-9-10-13-19-14-11-12-16(4-2)17(19)15-18/h16-17H,3-15,18H2,1-2H3. The second-order valence-electron chi connectivity index (χ2n) is 6.27. The van der Waals surface area contributed by atoms with Gasteiger partial charge in [-0.2, -0.15) is 0 Å². The monoisotopic (exact) mass is 268 g/mol. The van der Waals surface area contributed by atoms with E-state index in [0.29, 0.717) is 6.04 Å². The minimum Gasteiger partial charge on any atom is -0.329 e. The van der Waals surface area contributed by atoms with Crippen LogP contribution in [0.3, 0.4) is 0 Å². The first-order chi connectivity index (χ1) is 9.33. The molecule has 19 heavy (non-hydrogen) atoms. The predicted molar refractivity (Wildman–Crippen MR) is 85.4 cm³/mol. The number of hydrogen-bond acceptors (Lipinski definition) is 2. The Morgan fingerprint density at radius 1 is 1.00 bits per heavy atom. The Balaban J connectivity index is 2.13. The first-order valence-corrected chi connectivity index (χ1v) is 8.77. The summed E-state index contributed by atoms with van der Waals surface area (Å²) < 4.78 is 0. The van der Waals surface area contributed by atoms with Crippen molar-refractivity contribution < 1.29 is 0 Å². The third kappa shape index (κ3) is 6.27. The molecule has 0 amide bonds. The lowest BCUT2D eigenvalue weighted by Crippen LogP contribution is -2.49. The molecule has 1 fully saturated rings. The maximum absolute atomic E-state index is 6.00. The van der Waals surface area contributed by atoms with Gasteiger partial charge in [0.1, 0.15) is 0 Å². The van der Waals surface area contributed by atoms with E-state index in [1.165, 1.54) is 77.3 Å². The van der Waals surface area contributed by atoms with Crippen molar-refractivity contribution in [3.05, 3.63) is 0 Å². The molecule has 114 valence electrons. The van der Waals surface area contributed by atoms with E-state index in [1.807, 2.05) is 0 Å². The maximum Gasteiger partial charge on any atom is 0.0246 e. The van der Waals surface area contributed by atoms with Gasteiger partial charge in [-0.3, -0.25) is 4.90 Å². The molecule has 0 radical (unpaired) electrons. The van der Waals surface area contributed by atoms with E-state index in [0.717, 1.165) is 12.5 Å². The van der Waals surface area contributed by atoms with E-state index in [2.05, 4.69) is 18.7 Å². The molecule has 0 aromatic carbocycles. The van der Waals surface area contributed by atoms with Crippen LogP contribution < -0.4 is 5.73 Å². The van der Waals surface area contributed by atoms with Crippen molar-refractivity contribution in [1.82, 2.24) is 4.90 Å². The summed E-state index contributed by atoms with van der Waals surface area (Å²) >= 11 is 0. The Morgan fingerprint density at radius 2 is 1.68 bits per heavy atom. The van der Waals surface area contributed by atoms with E-state index >= 15 is 0 Å². The fourth-order valence-electron chi connectivity index (χ4n) is 3.58. The van der Waals surface area contributed by atoms with Crippen molar-refractivity contribution in [3.63, 3.8) is 0 Å². The quantitative estimate of drug-likeness (QED) is 0.602. The first-order valence-electron chi connectivity index (χ1n) is 8.77. The molecule has 1 aliphatic heterocycles. The van der Waals surface area contributed by atoms with Gasteiger partial charge >= 0.3 is 0 Å². The molecule has 0 aromatic heterocycles. The zero-order chi connectivity index (χ0) is 13.9. The Morgan fingerprint density at radius 3 is 2.32 bits per heavy atom. The Labute approximate surface area is 121 Å². The smallest absolute Gasteiger partial charge is 0.0246 e. The van der Waals surface area contributed by atoms with Gasteiger partial charge in [0, 0.05) is 12.6 Å². The fourth-order valence-corrected chi connectivity index (χ4v) is 3.58. The van der Waals surface area contributed by atoms with E-state index in [4.69, 9.17) is 5.73 Å². The average Bonchev–Trinajstić information content (AvgIpc) is 2.45. The van der Waals surface area contributed by atoms with Crippen molar-refractivity contribution in [3.8, 4) is 0 Å². The van der Waals surface area contributed by atoms with Crippen LogP contribution in [0.1, 0.15) is 78.1 Å². The van der Waals surface area contributed by atoms with E-state index in [9.17, 15) is 0 Å². The average molecular weight is 268 g/mol. The number of unbranched alkanes of at least 4 members (excludes halogenated alkanes) is 6. The number of piperidine rings is 1. The molecule has 0 bridgehead atoms. The van der Waals surface area contributed by atoms with Gasteiger partial charge in [0.15, 0.2) is 0 Å². The Kier molecular flexibility index (Phi) is 9.54. The van der Waals surface area contributed by atoms with Crippen molar-refractivity contribution in [1.29, 1.82) is 0 Å². The molecule has 0 spiro atoms. The molecule has 2 nitrogen and oxygen atoms in total. The number of hydrogen-bond donors (Lipinski definition) is 1. The van der Waals surface area contributed by atoms with E-state index in [-0.39, 0.29) is 0 Å². The molecular formula is C17H36N2. The van der Waals surface area contributed by atoms with Gasteiger partial charge in [-0.05, 0) is 38.3 Å². The minimum atomic E-state index is 0.666. The predicted octanol–water partition coefficient (Wildman–Crippen LogP) is 4.19. The SMILES string of the molecule is CCCCCCCCCN1CCCC(CC)C1CN. The van der Waals surface area contributed by atoms with Crippen molar-refractivity contribution >= 4 is 0 Å². The second-order valence-corrected chi connectivity index (χ2v) is 6.27. The molecule has 0 aromatic rings. The van der Waals surface area contributed by atoms with Crippen molar-refractivity contribution in [2.24, 2.45) is 11.7 Å². The molecule has 2 unspecified atom stereocenters. The largest absolute Gasteiger partial charge is 0.329 e. The minimum absolute atomic E-state index is 0.666. The van der Waals surface area contributed by atoms with Crippen LogP contribution in [0.15, 0.2) is 0 Å². The van der Waals surface area contributed by atoms with Gasteiger partial charge in [-0.15, -0.1) is 0 Å². The molecular weight excluding hydrogens is 232 g/mol. The van der Waals surface area contributed by atoms with Crippen LogP contribution in [-0.2, 0) is 0 Å². The summed E-state index contributed by atoms with van der Waals surface area (Å²) in [6, 6.07) is 0.666. The molecule has 2 heteroatoms. The molecule has 0 aliphatic carbocycles. The lowest BCUT2D eigenvalue weighted by atomic mass is 9.87. The van der Waals surface area contributed by atoms with Crippen LogP contribution in [0.5, 0.6) is 0 Å². The van der Waals surface area contributed by atoms with Crippen molar-refractivity contribution in [2.45, 2.75) is 84.1 Å². The highest BCUT2D eigenvalue weighted by Gasteiger charge is 2.28. The van der Waals surface area contributed by atoms with Gasteiger partial charge in [0.25, 0.3) is 0 Å². The van der Waals surface area contributed by atoms with Crippen LogP contribution >= 0.6 is 0 Å². The second kappa shape index (κ2) is 10.7. The Hall–Kier alpha value is -0.0800. The summed E-state index contributed by atoms with van der Waals surface area (Å²) in [6.45, 7) is 8.04. The summed E-state index contributed by atoms with van der Waals surface area (Å²) in [5, 5.41) is 0. The summed E-state index contributed by atoms with van der Waals surface area (Å²) in [6.07, 6.45) is 13.9. The third-order valence-corrected chi connectivity index (χ3v) is 4.85. The highest BCUT2D eigenvalue weighted by Crippen LogP contribution is 2.26. The normalized spacial score (nSPS) is 24.8. The van der Waals surface area contributed by atoms with Crippen LogP contribution in [0, 0.1) is 5.92 Å². The zero-order valence-corrected chi connectivity index (χ0v) is 13.4. The molecule has 0 saturated carbocycles. The van der Waals surface area contributed by atoms with Crippen LogP contribution in [0.4, 0.5) is 0 Å².